The lowest BCUT2D eigenvalue weighted by Crippen LogP contribution is -2.66. The molecule has 0 aliphatic heterocycles. The molecule has 3 nitrogen and oxygen atoms in total. The van der Waals surface area contributed by atoms with Crippen LogP contribution in [0.2, 0.25) is 0 Å². The molecule has 195 valence electrons. The van der Waals surface area contributed by atoms with Crippen LogP contribution in [0, 0.1) is 56.7 Å². The fraction of sp³-hybridized carbons (Fsp3) is 0.758. The second-order valence-electron chi connectivity index (χ2n) is 15.6. The Morgan fingerprint density at radius 3 is 2.22 bits per heavy atom. The van der Waals surface area contributed by atoms with Crippen molar-refractivity contribution in [1.82, 2.24) is 0 Å². The van der Waals surface area contributed by atoms with Gasteiger partial charge in [-0.15, -0.1) is 0 Å². The van der Waals surface area contributed by atoms with E-state index in [1.165, 1.54) is 5.57 Å². The second kappa shape index (κ2) is 7.11. The Kier molecular flexibility index (Phi) is 4.90. The third-order valence-electron chi connectivity index (χ3n) is 13.2. The third kappa shape index (κ3) is 2.90. The molecule has 6 aliphatic carbocycles. The van der Waals surface area contributed by atoms with Crippen molar-refractivity contribution >= 4 is 17.3 Å². The van der Waals surface area contributed by atoms with Crippen LogP contribution < -0.4 is 0 Å². The van der Waals surface area contributed by atoms with Gasteiger partial charge in [0.15, 0.2) is 11.6 Å². The van der Waals surface area contributed by atoms with Crippen LogP contribution in [0.15, 0.2) is 23.3 Å². The summed E-state index contributed by atoms with van der Waals surface area (Å²) >= 11 is 0. The van der Waals surface area contributed by atoms with Crippen molar-refractivity contribution in [2.45, 2.75) is 106 Å². The van der Waals surface area contributed by atoms with E-state index in [4.69, 9.17) is 0 Å². The highest BCUT2D eigenvalue weighted by atomic mass is 16.1. The molecule has 0 heterocycles. The fourth-order valence-electron chi connectivity index (χ4n) is 10.7. The number of hydrogen-bond donors (Lipinski definition) is 0. The van der Waals surface area contributed by atoms with Gasteiger partial charge < -0.3 is 0 Å². The van der Waals surface area contributed by atoms with E-state index in [1.807, 2.05) is 12.5 Å². The van der Waals surface area contributed by atoms with Gasteiger partial charge in [0.25, 0.3) is 0 Å². The number of fused-ring (bicyclic) bond motifs is 7. The average Bonchev–Trinajstić information content (AvgIpc) is 3.63. The van der Waals surface area contributed by atoms with Crippen molar-refractivity contribution in [2.75, 3.05) is 0 Å². The maximum absolute atomic E-state index is 14.4. The van der Waals surface area contributed by atoms with E-state index in [-0.39, 0.29) is 56.0 Å². The van der Waals surface area contributed by atoms with E-state index in [9.17, 15) is 14.4 Å². The number of ketones is 3. The van der Waals surface area contributed by atoms with E-state index in [2.05, 4.69) is 54.5 Å². The van der Waals surface area contributed by atoms with Crippen LogP contribution in [0.5, 0.6) is 0 Å². The van der Waals surface area contributed by atoms with Gasteiger partial charge in [-0.05, 0) is 90.9 Å². The van der Waals surface area contributed by atoms with Crippen molar-refractivity contribution in [3.8, 4) is 0 Å². The van der Waals surface area contributed by atoms with Gasteiger partial charge in [0.1, 0.15) is 5.78 Å². The predicted octanol–water partition coefficient (Wildman–Crippen LogP) is 7.25. The number of allylic oxidation sites excluding steroid dienone is 4. The maximum atomic E-state index is 14.4. The molecule has 36 heavy (non-hydrogen) atoms. The first-order chi connectivity index (χ1) is 16.6. The molecule has 0 N–H and O–H groups in total. The standard InChI is InChI=1S/C33H45O3/c1-28(2)14-16-33(27(36)20-8-9-20)17-15-32(7)26(21(33)19-28)22(34)18-24-30(5)12-11-25(35)29(3,4)23(30)10-13-31(24,32)6/h8-9,18,21,23,26H,10-17,19H2,1-7H3/t21?,23?,26-,30-,31+,32+,33-/m0/s1. The molecule has 0 spiro atoms. The monoisotopic (exact) mass is 489 g/mol. The molecule has 4 saturated carbocycles. The van der Waals surface area contributed by atoms with Crippen LogP contribution >= 0.6 is 0 Å². The topological polar surface area (TPSA) is 51.2 Å². The van der Waals surface area contributed by atoms with Crippen molar-refractivity contribution in [1.29, 1.82) is 0 Å². The van der Waals surface area contributed by atoms with E-state index in [0.717, 1.165) is 56.9 Å². The summed E-state index contributed by atoms with van der Waals surface area (Å²) < 4.78 is 0. The molecule has 7 atom stereocenters. The Morgan fingerprint density at radius 2 is 1.56 bits per heavy atom. The van der Waals surface area contributed by atoms with Gasteiger partial charge in [-0.25, -0.2) is 0 Å². The third-order valence-corrected chi connectivity index (χ3v) is 13.2. The Hall–Kier alpha value is -1.51. The molecular formula is C33H45O3. The molecular weight excluding hydrogens is 444 g/mol. The molecule has 0 saturated heterocycles. The van der Waals surface area contributed by atoms with Crippen LogP contribution in [-0.2, 0) is 14.4 Å². The largest absolute Gasteiger partial charge is 0.299 e. The van der Waals surface area contributed by atoms with Crippen LogP contribution in [0.25, 0.3) is 0 Å². The Bertz CT molecular complexity index is 1140. The molecule has 0 bridgehead atoms. The molecule has 1 radical (unpaired) electrons. The zero-order valence-corrected chi connectivity index (χ0v) is 23.6. The van der Waals surface area contributed by atoms with Crippen LogP contribution in [0.4, 0.5) is 0 Å². The molecule has 2 unspecified atom stereocenters. The van der Waals surface area contributed by atoms with Crippen molar-refractivity contribution < 1.29 is 14.4 Å². The van der Waals surface area contributed by atoms with Crippen LogP contribution in [0.3, 0.4) is 0 Å². The summed E-state index contributed by atoms with van der Waals surface area (Å²) in [4.78, 5) is 41.2. The highest BCUT2D eigenvalue weighted by molar-refractivity contribution is 6.07. The van der Waals surface area contributed by atoms with Gasteiger partial charge in [0.05, 0.1) is 0 Å². The summed E-state index contributed by atoms with van der Waals surface area (Å²) in [5.41, 5.74) is 1.32. The minimum atomic E-state index is -0.379. The second-order valence-corrected chi connectivity index (χ2v) is 15.6. The van der Waals surface area contributed by atoms with Gasteiger partial charge >= 0.3 is 0 Å². The molecule has 3 heteroatoms. The Labute approximate surface area is 217 Å². The summed E-state index contributed by atoms with van der Waals surface area (Å²) in [6.07, 6.45) is 14.3. The average molecular weight is 490 g/mol. The molecule has 0 aromatic heterocycles. The summed E-state index contributed by atoms with van der Waals surface area (Å²) in [6.45, 7) is 16.2. The number of rotatable bonds is 2. The first-order valence-corrected chi connectivity index (χ1v) is 14.5. The molecule has 0 aromatic carbocycles. The minimum absolute atomic E-state index is 0.0743. The van der Waals surface area contributed by atoms with Gasteiger partial charge in [0, 0.05) is 35.2 Å². The Balaban J connectivity index is 1.49. The fourth-order valence-corrected chi connectivity index (χ4v) is 10.7. The van der Waals surface area contributed by atoms with E-state index in [1.54, 1.807) is 0 Å². The van der Waals surface area contributed by atoms with Crippen LogP contribution in [-0.4, -0.2) is 17.3 Å². The normalized spacial score (nSPS) is 48.5. The molecule has 0 amide bonds. The lowest BCUT2D eigenvalue weighted by Gasteiger charge is -2.69. The quantitative estimate of drug-likeness (QED) is 0.410. The van der Waals surface area contributed by atoms with Crippen molar-refractivity contribution in [3.63, 3.8) is 0 Å². The van der Waals surface area contributed by atoms with Crippen molar-refractivity contribution in [2.24, 2.45) is 50.2 Å². The van der Waals surface area contributed by atoms with Gasteiger partial charge in [-0.3, -0.25) is 14.4 Å². The summed E-state index contributed by atoms with van der Waals surface area (Å²) in [5.74, 6) is 1.28. The van der Waals surface area contributed by atoms with E-state index in [0.29, 0.717) is 18.0 Å². The lowest BCUT2D eigenvalue weighted by molar-refractivity contribution is -0.178. The molecule has 6 aliphatic rings. The highest BCUT2D eigenvalue weighted by Gasteiger charge is 2.70. The van der Waals surface area contributed by atoms with Gasteiger partial charge in [-0.2, -0.15) is 0 Å². The SMILES string of the molecule is CC1(C)CC[C@]2(C(=O)C3=C[CH]3)CC[C@]3(C)[C@H](C(=O)C=C4[C@@]5(C)CCC(=O)C(C)(C)C5CC[C@]43C)C2C1. The first-order valence-electron chi connectivity index (χ1n) is 14.5. The number of carbonyl (C=O) groups excluding carboxylic acids is 3. The zero-order chi connectivity index (χ0) is 26.1. The summed E-state index contributed by atoms with van der Waals surface area (Å²) in [6, 6.07) is 0. The van der Waals surface area contributed by atoms with E-state index < -0.39 is 0 Å². The van der Waals surface area contributed by atoms with Crippen LogP contribution in [0.1, 0.15) is 106 Å². The summed E-state index contributed by atoms with van der Waals surface area (Å²) in [5, 5.41) is 0. The molecule has 4 fully saturated rings. The first kappa shape index (κ1) is 24.8. The van der Waals surface area contributed by atoms with Gasteiger partial charge in [-0.1, -0.05) is 60.1 Å². The lowest BCUT2D eigenvalue weighted by atomic mass is 9.33. The minimum Gasteiger partial charge on any atom is -0.299 e. The smallest absolute Gasteiger partial charge is 0.165 e. The Morgan fingerprint density at radius 1 is 0.889 bits per heavy atom. The van der Waals surface area contributed by atoms with Gasteiger partial charge in [0.2, 0.25) is 0 Å². The summed E-state index contributed by atoms with van der Waals surface area (Å²) in [7, 11) is 0. The molecule has 6 rings (SSSR count). The number of Topliss-reactive ketones (excluding diaryl/α,β-unsaturated/α-hetero) is 2. The molecule has 0 aromatic rings. The predicted molar refractivity (Wildman–Crippen MR) is 142 cm³/mol. The highest BCUT2D eigenvalue weighted by Crippen LogP contribution is 2.75. The number of carbonyl (C=O) groups is 3. The maximum Gasteiger partial charge on any atom is 0.165 e. The van der Waals surface area contributed by atoms with E-state index >= 15 is 0 Å². The zero-order valence-electron chi connectivity index (χ0n) is 23.6. The number of hydrogen-bond acceptors (Lipinski definition) is 3. The van der Waals surface area contributed by atoms with Crippen molar-refractivity contribution in [3.05, 3.63) is 29.7 Å².